The predicted octanol–water partition coefficient (Wildman–Crippen LogP) is 1.84. The lowest BCUT2D eigenvalue weighted by Crippen LogP contribution is -2.60. The molecule has 1 aliphatic heterocycles. The van der Waals surface area contributed by atoms with Crippen molar-refractivity contribution in [2.75, 3.05) is 13.1 Å². The van der Waals surface area contributed by atoms with E-state index in [1.807, 2.05) is 17.9 Å². The highest BCUT2D eigenvalue weighted by atomic mass is 79.9. The molecular formula is C14H20BrN3O2S. The van der Waals surface area contributed by atoms with Gasteiger partial charge in [-0.2, -0.15) is 0 Å². The van der Waals surface area contributed by atoms with Gasteiger partial charge in [0.1, 0.15) is 6.04 Å². The van der Waals surface area contributed by atoms with Crippen molar-refractivity contribution in [1.82, 2.24) is 15.5 Å². The fourth-order valence-electron chi connectivity index (χ4n) is 2.38. The average molecular weight is 374 g/mol. The first-order valence-electron chi connectivity index (χ1n) is 7.00. The fourth-order valence-corrected chi connectivity index (χ4v) is 3.67. The van der Waals surface area contributed by atoms with Gasteiger partial charge in [-0.3, -0.25) is 9.59 Å². The topological polar surface area (TPSA) is 61.4 Å². The number of nitrogens with one attached hydrogen (secondary N) is 2. The third-order valence-electron chi connectivity index (χ3n) is 3.83. The van der Waals surface area contributed by atoms with Crippen molar-refractivity contribution < 1.29 is 9.59 Å². The van der Waals surface area contributed by atoms with Crippen LogP contribution in [0.5, 0.6) is 0 Å². The molecule has 1 aromatic heterocycles. The predicted molar refractivity (Wildman–Crippen MR) is 87.6 cm³/mol. The van der Waals surface area contributed by atoms with Crippen LogP contribution in [0.1, 0.15) is 30.4 Å². The van der Waals surface area contributed by atoms with Gasteiger partial charge >= 0.3 is 0 Å². The summed E-state index contributed by atoms with van der Waals surface area (Å²) in [7, 11) is 0. The maximum atomic E-state index is 12.5. The number of thiophene rings is 1. The van der Waals surface area contributed by atoms with E-state index in [2.05, 4.69) is 33.5 Å². The molecule has 3 unspecified atom stereocenters. The number of nitrogens with zero attached hydrogens (tertiary/aromatic N) is 1. The number of piperazine rings is 1. The summed E-state index contributed by atoms with van der Waals surface area (Å²) in [4.78, 5) is 27.0. The molecule has 1 fully saturated rings. The SMILES string of the molecule is CC(NC(=O)c1ccc(Br)s1)C(=O)N1CCNC(C)C1C. The minimum atomic E-state index is -0.522. The van der Waals surface area contributed by atoms with Crippen molar-refractivity contribution >= 4 is 39.1 Å². The number of halogens is 1. The van der Waals surface area contributed by atoms with Crippen LogP contribution < -0.4 is 10.6 Å². The molecule has 2 heterocycles. The van der Waals surface area contributed by atoms with Gasteiger partial charge in [0.2, 0.25) is 5.91 Å². The number of amides is 2. The van der Waals surface area contributed by atoms with Gasteiger partial charge in [0.15, 0.2) is 0 Å². The van der Waals surface area contributed by atoms with Crippen molar-refractivity contribution in [2.45, 2.75) is 38.9 Å². The van der Waals surface area contributed by atoms with Gasteiger partial charge in [-0.25, -0.2) is 0 Å². The molecule has 1 aliphatic rings. The standard InChI is InChI=1S/C14H20BrN3O2S/c1-8-10(3)18(7-6-16-8)14(20)9(2)17-13(19)11-4-5-12(15)21-11/h4-5,8-10,16H,6-7H2,1-3H3,(H,17,19). The first kappa shape index (κ1) is 16.5. The summed E-state index contributed by atoms with van der Waals surface area (Å²) < 4.78 is 0.899. The number of hydrogen-bond donors (Lipinski definition) is 2. The summed E-state index contributed by atoms with van der Waals surface area (Å²) in [6.07, 6.45) is 0. The lowest BCUT2D eigenvalue weighted by Gasteiger charge is -2.39. The fraction of sp³-hybridized carbons (Fsp3) is 0.571. The highest BCUT2D eigenvalue weighted by Crippen LogP contribution is 2.22. The molecule has 5 nitrogen and oxygen atoms in total. The van der Waals surface area contributed by atoms with Gasteiger partial charge in [0, 0.05) is 25.2 Å². The van der Waals surface area contributed by atoms with Crippen LogP contribution in [0.3, 0.4) is 0 Å². The molecule has 2 amide bonds. The second-order valence-electron chi connectivity index (χ2n) is 5.31. The number of carbonyl (C=O) groups excluding carboxylic acids is 2. The van der Waals surface area contributed by atoms with E-state index in [9.17, 15) is 9.59 Å². The van der Waals surface area contributed by atoms with Crippen molar-refractivity contribution in [3.05, 3.63) is 20.8 Å². The lowest BCUT2D eigenvalue weighted by atomic mass is 10.1. The van der Waals surface area contributed by atoms with Gasteiger partial charge in [-0.05, 0) is 48.8 Å². The largest absolute Gasteiger partial charge is 0.340 e. The molecule has 2 N–H and O–H groups in total. The molecule has 0 aliphatic carbocycles. The van der Waals surface area contributed by atoms with Crippen LogP contribution in [-0.2, 0) is 4.79 Å². The summed E-state index contributed by atoms with van der Waals surface area (Å²) in [5, 5.41) is 6.12. The molecule has 0 radical (unpaired) electrons. The first-order chi connectivity index (χ1) is 9.90. The molecule has 0 aromatic carbocycles. The maximum absolute atomic E-state index is 12.5. The van der Waals surface area contributed by atoms with Gasteiger partial charge in [0.05, 0.1) is 8.66 Å². The monoisotopic (exact) mass is 373 g/mol. The number of hydrogen-bond acceptors (Lipinski definition) is 4. The molecule has 2 rings (SSSR count). The molecule has 0 spiro atoms. The summed E-state index contributed by atoms with van der Waals surface area (Å²) in [5.41, 5.74) is 0. The van der Waals surface area contributed by atoms with Crippen LogP contribution in [0.15, 0.2) is 15.9 Å². The Kier molecular flexibility index (Phi) is 5.40. The van der Waals surface area contributed by atoms with E-state index in [-0.39, 0.29) is 23.9 Å². The zero-order valence-corrected chi connectivity index (χ0v) is 14.8. The van der Waals surface area contributed by atoms with Crippen LogP contribution in [0.4, 0.5) is 0 Å². The third-order valence-corrected chi connectivity index (χ3v) is 5.45. The van der Waals surface area contributed by atoms with E-state index in [0.717, 1.165) is 10.3 Å². The molecule has 7 heteroatoms. The van der Waals surface area contributed by atoms with E-state index in [4.69, 9.17) is 0 Å². The van der Waals surface area contributed by atoms with Gasteiger partial charge in [-0.15, -0.1) is 11.3 Å². The molecule has 0 bridgehead atoms. The van der Waals surface area contributed by atoms with Crippen LogP contribution in [-0.4, -0.2) is 47.9 Å². The minimum absolute atomic E-state index is 0.0279. The Bertz CT molecular complexity index is 534. The molecule has 1 aromatic rings. The smallest absolute Gasteiger partial charge is 0.262 e. The van der Waals surface area contributed by atoms with E-state index in [1.54, 1.807) is 13.0 Å². The Morgan fingerprint density at radius 2 is 2.19 bits per heavy atom. The highest BCUT2D eigenvalue weighted by Gasteiger charge is 2.31. The third kappa shape index (κ3) is 3.84. The average Bonchev–Trinajstić information content (AvgIpc) is 2.88. The number of carbonyl (C=O) groups is 2. The Morgan fingerprint density at radius 3 is 2.81 bits per heavy atom. The van der Waals surface area contributed by atoms with Gasteiger partial charge < -0.3 is 15.5 Å². The van der Waals surface area contributed by atoms with E-state index < -0.39 is 6.04 Å². The van der Waals surface area contributed by atoms with Gasteiger partial charge in [0.25, 0.3) is 5.91 Å². The molecule has 0 saturated carbocycles. The first-order valence-corrected chi connectivity index (χ1v) is 8.61. The zero-order chi connectivity index (χ0) is 15.6. The Hall–Kier alpha value is -0.920. The highest BCUT2D eigenvalue weighted by molar-refractivity contribution is 9.11. The second-order valence-corrected chi connectivity index (χ2v) is 7.78. The summed E-state index contributed by atoms with van der Waals surface area (Å²) in [5.74, 6) is -0.234. The second kappa shape index (κ2) is 6.89. The van der Waals surface area contributed by atoms with Crippen molar-refractivity contribution in [1.29, 1.82) is 0 Å². The van der Waals surface area contributed by atoms with Crippen LogP contribution >= 0.6 is 27.3 Å². The zero-order valence-electron chi connectivity index (χ0n) is 12.4. The van der Waals surface area contributed by atoms with E-state index >= 15 is 0 Å². The van der Waals surface area contributed by atoms with Crippen molar-refractivity contribution in [3.8, 4) is 0 Å². The van der Waals surface area contributed by atoms with Crippen LogP contribution in [0.2, 0.25) is 0 Å². The molecule has 3 atom stereocenters. The van der Waals surface area contributed by atoms with Crippen molar-refractivity contribution in [3.63, 3.8) is 0 Å². The summed E-state index contributed by atoms with van der Waals surface area (Å²) >= 11 is 4.68. The van der Waals surface area contributed by atoms with Crippen LogP contribution in [0.25, 0.3) is 0 Å². The quantitative estimate of drug-likeness (QED) is 0.849. The van der Waals surface area contributed by atoms with E-state index in [0.29, 0.717) is 11.4 Å². The Labute approximate surface area is 137 Å². The van der Waals surface area contributed by atoms with Crippen molar-refractivity contribution in [2.24, 2.45) is 0 Å². The van der Waals surface area contributed by atoms with Crippen LogP contribution in [0, 0.1) is 0 Å². The Morgan fingerprint density at radius 1 is 1.48 bits per heavy atom. The normalized spacial score (nSPS) is 23.7. The molecule has 1 saturated heterocycles. The van der Waals surface area contributed by atoms with Gasteiger partial charge in [-0.1, -0.05) is 0 Å². The number of rotatable bonds is 3. The Balaban J connectivity index is 1.97. The lowest BCUT2D eigenvalue weighted by molar-refractivity contribution is -0.136. The molecule has 116 valence electrons. The molecular weight excluding hydrogens is 354 g/mol. The van der Waals surface area contributed by atoms with E-state index in [1.165, 1.54) is 11.3 Å². The summed E-state index contributed by atoms with van der Waals surface area (Å²) in [6.45, 7) is 7.30. The summed E-state index contributed by atoms with van der Waals surface area (Å²) in [6, 6.07) is 3.44. The maximum Gasteiger partial charge on any atom is 0.262 e. The minimum Gasteiger partial charge on any atom is -0.340 e. The molecule has 21 heavy (non-hydrogen) atoms.